The fraction of sp³-hybridized carbons (Fsp3) is 0.182. The summed E-state index contributed by atoms with van der Waals surface area (Å²) in [5, 5.41) is 8.96. The highest BCUT2D eigenvalue weighted by Gasteiger charge is 2.09. The summed E-state index contributed by atoms with van der Waals surface area (Å²) in [6, 6.07) is 5.53. The van der Waals surface area contributed by atoms with E-state index in [2.05, 4.69) is 15.2 Å². The van der Waals surface area contributed by atoms with E-state index < -0.39 is 0 Å². The highest BCUT2D eigenvalue weighted by atomic mass is 32.2. The zero-order chi connectivity index (χ0) is 12.5. The number of oxazole rings is 1. The van der Waals surface area contributed by atoms with Crippen molar-refractivity contribution in [3.05, 3.63) is 29.1 Å². The number of anilines is 1. The van der Waals surface area contributed by atoms with Gasteiger partial charge in [0, 0.05) is 0 Å². The molecule has 1 aromatic carbocycles. The summed E-state index contributed by atoms with van der Waals surface area (Å²) in [5.41, 5.74) is 7.91. The van der Waals surface area contributed by atoms with Crippen molar-refractivity contribution in [1.82, 2.24) is 15.2 Å². The molecule has 2 aromatic heterocycles. The molecule has 92 valence electrons. The Morgan fingerprint density at radius 1 is 1.39 bits per heavy atom. The quantitative estimate of drug-likeness (QED) is 0.586. The summed E-state index contributed by atoms with van der Waals surface area (Å²) in [6.45, 7) is 1.93. The summed E-state index contributed by atoms with van der Waals surface area (Å²) in [6.07, 6.45) is 0. The van der Waals surface area contributed by atoms with E-state index in [9.17, 15) is 0 Å². The molecule has 2 heterocycles. The molecule has 3 aromatic rings. The van der Waals surface area contributed by atoms with Gasteiger partial charge in [-0.3, -0.25) is 0 Å². The molecule has 0 atom stereocenters. The number of para-hydroxylation sites is 1. The van der Waals surface area contributed by atoms with Crippen molar-refractivity contribution in [3.8, 4) is 0 Å². The molecule has 3 rings (SSSR count). The first-order valence-corrected chi connectivity index (χ1v) is 7.09. The Hall–Kier alpha value is -1.60. The summed E-state index contributed by atoms with van der Waals surface area (Å²) < 4.78 is 6.54. The minimum Gasteiger partial charge on any atom is -0.440 e. The first-order chi connectivity index (χ1) is 8.72. The smallest absolute Gasteiger partial charge is 0.206 e. The van der Waals surface area contributed by atoms with Crippen LogP contribution >= 0.6 is 23.1 Å². The van der Waals surface area contributed by atoms with Crippen LogP contribution in [0.5, 0.6) is 0 Å². The van der Waals surface area contributed by atoms with E-state index in [4.69, 9.17) is 10.2 Å². The normalized spacial score (nSPS) is 11.2. The first kappa shape index (κ1) is 11.5. The average molecular weight is 278 g/mol. The van der Waals surface area contributed by atoms with Crippen LogP contribution in [0.3, 0.4) is 0 Å². The van der Waals surface area contributed by atoms with E-state index in [-0.39, 0.29) is 0 Å². The molecule has 0 radical (unpaired) electrons. The lowest BCUT2D eigenvalue weighted by Crippen LogP contribution is -1.85. The lowest BCUT2D eigenvalue weighted by Gasteiger charge is -1.90. The fourth-order valence-electron chi connectivity index (χ4n) is 1.54. The molecule has 0 aliphatic rings. The molecule has 0 fully saturated rings. The Morgan fingerprint density at radius 3 is 3.00 bits per heavy atom. The van der Waals surface area contributed by atoms with E-state index in [1.54, 1.807) is 23.1 Å². The van der Waals surface area contributed by atoms with Crippen molar-refractivity contribution >= 4 is 39.9 Å². The minimum absolute atomic E-state index is 0.628. The molecule has 0 saturated heterocycles. The number of benzene rings is 1. The van der Waals surface area contributed by atoms with E-state index in [1.807, 2.05) is 25.1 Å². The number of nitrogens with two attached hydrogens (primary N) is 1. The van der Waals surface area contributed by atoms with Gasteiger partial charge in [0.2, 0.25) is 5.89 Å². The maximum atomic E-state index is 5.83. The first-order valence-electron chi connectivity index (χ1n) is 5.29. The molecule has 0 amide bonds. The second kappa shape index (κ2) is 4.58. The van der Waals surface area contributed by atoms with Crippen molar-refractivity contribution in [2.45, 2.75) is 17.0 Å². The Labute approximate surface area is 111 Å². The van der Waals surface area contributed by atoms with E-state index in [0.29, 0.717) is 17.3 Å². The van der Waals surface area contributed by atoms with E-state index in [1.165, 1.54) is 0 Å². The van der Waals surface area contributed by atoms with Crippen molar-refractivity contribution in [2.75, 3.05) is 5.73 Å². The van der Waals surface area contributed by atoms with Crippen LogP contribution in [0.15, 0.2) is 27.0 Å². The maximum absolute atomic E-state index is 5.83. The van der Waals surface area contributed by atoms with Gasteiger partial charge in [-0.15, -0.1) is 10.2 Å². The van der Waals surface area contributed by atoms with Crippen LogP contribution in [0.1, 0.15) is 10.9 Å². The van der Waals surface area contributed by atoms with Gasteiger partial charge in [-0.2, -0.15) is 0 Å². The molecular weight excluding hydrogens is 268 g/mol. The number of aryl methyl sites for hydroxylation is 1. The Balaban J connectivity index is 1.81. The predicted octanol–water partition coefficient (Wildman–Crippen LogP) is 2.86. The molecule has 0 aliphatic heterocycles. The molecule has 0 saturated carbocycles. The van der Waals surface area contributed by atoms with Crippen molar-refractivity contribution in [1.29, 1.82) is 0 Å². The number of aromatic nitrogens is 3. The maximum Gasteiger partial charge on any atom is 0.206 e. The number of hydrogen-bond donors (Lipinski definition) is 1. The molecule has 0 aliphatic carbocycles. The average Bonchev–Trinajstić information content (AvgIpc) is 2.93. The molecule has 5 nitrogen and oxygen atoms in total. The molecule has 0 bridgehead atoms. The van der Waals surface area contributed by atoms with Gasteiger partial charge in [-0.05, 0) is 19.1 Å². The van der Waals surface area contributed by atoms with Crippen LogP contribution in [0.25, 0.3) is 11.1 Å². The molecule has 2 N–H and O–H groups in total. The lowest BCUT2D eigenvalue weighted by molar-refractivity contribution is 0.556. The Bertz CT molecular complexity index is 691. The lowest BCUT2D eigenvalue weighted by atomic mass is 10.3. The van der Waals surface area contributed by atoms with Gasteiger partial charge in [-0.25, -0.2) is 4.98 Å². The third-order valence-electron chi connectivity index (χ3n) is 2.32. The third kappa shape index (κ3) is 2.19. The monoisotopic (exact) mass is 278 g/mol. The number of thioether (sulfide) groups is 1. The zero-order valence-corrected chi connectivity index (χ0v) is 11.2. The number of fused-ring (bicyclic) bond motifs is 1. The van der Waals surface area contributed by atoms with Crippen molar-refractivity contribution in [3.63, 3.8) is 0 Å². The van der Waals surface area contributed by atoms with Crippen LogP contribution in [0, 0.1) is 6.92 Å². The topological polar surface area (TPSA) is 77.8 Å². The Kier molecular flexibility index (Phi) is 2.92. The van der Waals surface area contributed by atoms with Gasteiger partial charge >= 0.3 is 0 Å². The van der Waals surface area contributed by atoms with Gasteiger partial charge in [-0.1, -0.05) is 29.2 Å². The van der Waals surface area contributed by atoms with Gasteiger partial charge in [0.25, 0.3) is 0 Å². The third-order valence-corrected chi connectivity index (χ3v) is 4.28. The summed E-state index contributed by atoms with van der Waals surface area (Å²) in [7, 11) is 0. The second-order valence-electron chi connectivity index (χ2n) is 3.68. The van der Waals surface area contributed by atoms with Crippen molar-refractivity contribution < 1.29 is 4.42 Å². The van der Waals surface area contributed by atoms with Crippen LogP contribution < -0.4 is 5.73 Å². The van der Waals surface area contributed by atoms with E-state index >= 15 is 0 Å². The number of nitrogen functional groups attached to an aromatic ring is 1. The second-order valence-corrected chi connectivity index (χ2v) is 6.08. The summed E-state index contributed by atoms with van der Waals surface area (Å²) in [5.74, 6) is 1.28. The number of rotatable bonds is 3. The largest absolute Gasteiger partial charge is 0.440 e. The minimum atomic E-state index is 0.628. The van der Waals surface area contributed by atoms with Crippen LogP contribution in [0.2, 0.25) is 0 Å². The standard InChI is InChI=1S/C11H10N4OS2/c1-6-14-15-11(18-6)17-5-9-13-10-7(12)3-2-4-8(10)16-9/h2-4H,5,12H2,1H3. The number of hydrogen-bond acceptors (Lipinski definition) is 7. The van der Waals surface area contributed by atoms with Gasteiger partial charge in [0.15, 0.2) is 9.92 Å². The molecule has 18 heavy (non-hydrogen) atoms. The fourth-order valence-corrected chi connectivity index (χ4v) is 3.20. The van der Waals surface area contributed by atoms with E-state index in [0.717, 1.165) is 20.4 Å². The molecule has 0 unspecified atom stereocenters. The highest BCUT2D eigenvalue weighted by molar-refractivity contribution is 8.00. The van der Waals surface area contributed by atoms with Gasteiger partial charge in [0.1, 0.15) is 10.5 Å². The molecular formula is C11H10N4OS2. The van der Waals surface area contributed by atoms with Gasteiger partial charge < -0.3 is 10.2 Å². The summed E-state index contributed by atoms with van der Waals surface area (Å²) in [4.78, 5) is 4.38. The highest BCUT2D eigenvalue weighted by Crippen LogP contribution is 2.28. The van der Waals surface area contributed by atoms with Crippen LogP contribution in [-0.4, -0.2) is 15.2 Å². The predicted molar refractivity (Wildman–Crippen MR) is 72.6 cm³/mol. The van der Waals surface area contributed by atoms with Gasteiger partial charge in [0.05, 0.1) is 11.4 Å². The van der Waals surface area contributed by atoms with Crippen molar-refractivity contribution in [2.24, 2.45) is 0 Å². The molecule has 7 heteroatoms. The number of nitrogens with zero attached hydrogens (tertiary/aromatic N) is 3. The Morgan fingerprint density at radius 2 is 2.28 bits per heavy atom. The SMILES string of the molecule is Cc1nnc(SCc2nc3c(N)cccc3o2)s1. The van der Waals surface area contributed by atoms with Crippen LogP contribution in [-0.2, 0) is 5.75 Å². The molecule has 0 spiro atoms. The zero-order valence-electron chi connectivity index (χ0n) is 9.58. The summed E-state index contributed by atoms with van der Waals surface area (Å²) >= 11 is 3.13. The van der Waals surface area contributed by atoms with Crippen LogP contribution in [0.4, 0.5) is 5.69 Å².